The van der Waals surface area contributed by atoms with Gasteiger partial charge in [-0.15, -0.1) is 0 Å². The van der Waals surface area contributed by atoms with Gasteiger partial charge in [-0.1, -0.05) is 0 Å². The minimum absolute atomic E-state index is 0.0126. The summed E-state index contributed by atoms with van der Waals surface area (Å²) in [6.07, 6.45) is 9.69. The van der Waals surface area contributed by atoms with Crippen LogP contribution in [-0.4, -0.2) is 70.6 Å². The second-order valence-electron chi connectivity index (χ2n) is 10.7. The van der Waals surface area contributed by atoms with E-state index >= 15 is 0 Å². The number of aromatic nitrogens is 7. The Balaban J connectivity index is 1.05. The number of carbonyl (C=O) groups is 3. The van der Waals surface area contributed by atoms with Crippen molar-refractivity contribution in [2.24, 2.45) is 5.92 Å². The highest BCUT2D eigenvalue weighted by molar-refractivity contribution is 6.12. The van der Waals surface area contributed by atoms with E-state index in [1.54, 1.807) is 12.3 Å². The summed E-state index contributed by atoms with van der Waals surface area (Å²) in [5, 5.41) is 6.09. The number of rotatable bonds is 8. The molecule has 2 atom stereocenters. The van der Waals surface area contributed by atoms with Gasteiger partial charge in [0.05, 0.1) is 17.9 Å². The Morgan fingerprint density at radius 1 is 1.07 bits per heavy atom. The van der Waals surface area contributed by atoms with Crippen LogP contribution >= 0.6 is 0 Å². The number of amides is 4. The van der Waals surface area contributed by atoms with Crippen molar-refractivity contribution in [3.8, 4) is 0 Å². The number of carbonyl (C=O) groups excluding carboxylic acids is 3. The van der Waals surface area contributed by atoms with Crippen LogP contribution < -0.4 is 15.5 Å². The maximum Gasteiger partial charge on any atom is 0.332 e. The molecule has 4 aromatic heterocycles. The lowest BCUT2D eigenvalue weighted by atomic mass is 10.2. The number of anilines is 3. The molecule has 3 fully saturated rings. The normalized spacial score (nSPS) is 20.1. The van der Waals surface area contributed by atoms with Crippen LogP contribution in [0.1, 0.15) is 54.0 Å². The number of imidazole rings is 1. The van der Waals surface area contributed by atoms with Crippen molar-refractivity contribution in [1.29, 1.82) is 0 Å². The Labute approximate surface area is 234 Å². The Morgan fingerprint density at radius 2 is 1.90 bits per heavy atom. The van der Waals surface area contributed by atoms with Gasteiger partial charge in [-0.05, 0) is 32.3 Å². The molecule has 0 bridgehead atoms. The molecule has 0 unspecified atom stereocenters. The van der Waals surface area contributed by atoms with E-state index in [4.69, 9.17) is 9.97 Å². The molecule has 1 saturated heterocycles. The van der Waals surface area contributed by atoms with Gasteiger partial charge in [0.15, 0.2) is 11.5 Å². The Bertz CT molecular complexity index is 1720. The van der Waals surface area contributed by atoms with E-state index in [-0.39, 0.29) is 30.2 Å². The predicted molar refractivity (Wildman–Crippen MR) is 146 cm³/mol. The number of likely N-dealkylation sites (N-methyl/N-ethyl adjacent to an activating group) is 1. The molecule has 1 aliphatic heterocycles. The quantitative estimate of drug-likeness (QED) is 0.309. The molecule has 4 aromatic rings. The fourth-order valence-electron chi connectivity index (χ4n) is 5.00. The Hall–Kier alpha value is -5.01. The van der Waals surface area contributed by atoms with Crippen LogP contribution in [0.15, 0.2) is 37.1 Å². The van der Waals surface area contributed by atoms with Crippen molar-refractivity contribution < 1.29 is 14.4 Å². The molecule has 2 N–H and O–H groups in total. The van der Waals surface area contributed by atoms with Gasteiger partial charge < -0.3 is 15.0 Å². The molecule has 0 radical (unpaired) electrons. The predicted octanol–water partition coefficient (Wildman–Crippen LogP) is 2.25. The number of hydrogen-bond donors (Lipinski definition) is 2. The van der Waals surface area contributed by atoms with Gasteiger partial charge in [-0.25, -0.2) is 34.7 Å². The first kappa shape index (κ1) is 25.0. The lowest BCUT2D eigenvalue weighted by molar-refractivity contribution is -0.124. The van der Waals surface area contributed by atoms with E-state index in [2.05, 4.69) is 30.6 Å². The largest absolute Gasteiger partial charge is 0.364 e. The number of urea groups is 1. The fraction of sp³-hybridized carbons (Fsp3) is 0.370. The second kappa shape index (κ2) is 9.57. The van der Waals surface area contributed by atoms with Gasteiger partial charge in [-0.2, -0.15) is 0 Å². The minimum Gasteiger partial charge on any atom is -0.364 e. The molecular formula is C27H27N11O3. The first-order chi connectivity index (χ1) is 19.8. The molecule has 14 nitrogen and oxygen atoms in total. The van der Waals surface area contributed by atoms with Crippen molar-refractivity contribution >= 4 is 40.9 Å². The van der Waals surface area contributed by atoms with Gasteiger partial charge in [-0.3, -0.25) is 19.4 Å². The summed E-state index contributed by atoms with van der Waals surface area (Å²) >= 11 is 0. The molecule has 2 aliphatic carbocycles. The van der Waals surface area contributed by atoms with Gasteiger partial charge >= 0.3 is 6.03 Å². The molecule has 0 aromatic carbocycles. The Morgan fingerprint density at radius 3 is 2.66 bits per heavy atom. The number of hydrogen-bond acceptors (Lipinski definition) is 10. The third-order valence-corrected chi connectivity index (χ3v) is 7.57. The highest BCUT2D eigenvalue weighted by atomic mass is 16.2. The van der Waals surface area contributed by atoms with Crippen molar-refractivity contribution in [3.05, 3.63) is 60.0 Å². The van der Waals surface area contributed by atoms with Crippen LogP contribution in [0.2, 0.25) is 0 Å². The lowest BCUT2D eigenvalue weighted by Gasteiger charge is -2.15. The molecule has 208 valence electrons. The maximum absolute atomic E-state index is 12.8. The summed E-state index contributed by atoms with van der Waals surface area (Å²) in [7, 11) is 1.47. The minimum atomic E-state index is -0.417. The number of aryl methyl sites for hydroxylation is 1. The number of nitrogens with zero attached hydrogens (tertiary/aromatic N) is 9. The Kier molecular flexibility index (Phi) is 5.83. The third kappa shape index (κ3) is 4.81. The summed E-state index contributed by atoms with van der Waals surface area (Å²) in [5.74, 6) is 1.73. The zero-order valence-corrected chi connectivity index (χ0v) is 22.5. The number of fused-ring (bicyclic) bond motifs is 1. The van der Waals surface area contributed by atoms with Crippen molar-refractivity contribution in [3.63, 3.8) is 0 Å². The molecule has 2 saturated carbocycles. The van der Waals surface area contributed by atoms with E-state index in [1.165, 1.54) is 18.3 Å². The monoisotopic (exact) mass is 553 g/mol. The molecular weight excluding hydrogens is 526 g/mol. The van der Waals surface area contributed by atoms with E-state index < -0.39 is 6.03 Å². The standard InChI is InChI=1S/C27H27N11O3/c1-14-5-6-28-23(32-14)17-7-18(17)26(40)35-21-8-20(30-13-31-21)29-9-16-10-37-11-19(15-3-4-15)34-25(24(37)33-16)38-12-22(39)36(2)27(38)41/h5-6,8,10-11,13,15,17-18H,3-4,7,9,12H2,1-2H3,(H2,29,30,31,35,40)/t17-,18-/m1/s1. The van der Waals surface area contributed by atoms with Crippen LogP contribution in [-0.2, 0) is 16.1 Å². The van der Waals surface area contributed by atoms with E-state index in [0.29, 0.717) is 53.5 Å². The highest BCUT2D eigenvalue weighted by Gasteiger charge is 2.46. The topological polar surface area (TPSA) is 164 Å². The molecule has 4 amide bonds. The average molecular weight is 554 g/mol. The smallest absolute Gasteiger partial charge is 0.332 e. The van der Waals surface area contributed by atoms with Gasteiger partial charge in [0.2, 0.25) is 5.91 Å². The summed E-state index contributed by atoms with van der Waals surface area (Å²) in [6, 6.07) is 3.08. The summed E-state index contributed by atoms with van der Waals surface area (Å²) in [5.41, 5.74) is 2.94. The van der Waals surface area contributed by atoms with Crippen molar-refractivity contribution in [2.45, 2.75) is 44.6 Å². The fourth-order valence-corrected chi connectivity index (χ4v) is 5.00. The number of imide groups is 1. The van der Waals surface area contributed by atoms with Crippen LogP contribution in [0.5, 0.6) is 0 Å². The summed E-state index contributed by atoms with van der Waals surface area (Å²) in [4.78, 5) is 66.8. The SMILES string of the molecule is Cc1ccnc([C@@H]2C[C@H]2C(=O)Nc2cc(NCc3cn4cc(C5CC5)nc(N5CC(=O)N(C)C5=O)c4n3)ncn2)n1. The average Bonchev–Trinajstić information content (AvgIpc) is 3.89. The summed E-state index contributed by atoms with van der Waals surface area (Å²) < 4.78 is 1.86. The van der Waals surface area contributed by atoms with Crippen LogP contribution in [0.4, 0.5) is 22.2 Å². The van der Waals surface area contributed by atoms with E-state index in [0.717, 1.165) is 29.1 Å². The number of nitrogens with one attached hydrogen (secondary N) is 2. The van der Waals surface area contributed by atoms with Crippen LogP contribution in [0.25, 0.3) is 5.65 Å². The zero-order valence-electron chi connectivity index (χ0n) is 22.5. The molecule has 14 heteroatoms. The third-order valence-electron chi connectivity index (χ3n) is 7.57. The van der Waals surface area contributed by atoms with Crippen molar-refractivity contribution in [2.75, 3.05) is 29.1 Å². The van der Waals surface area contributed by atoms with Crippen LogP contribution in [0.3, 0.4) is 0 Å². The first-order valence-electron chi connectivity index (χ1n) is 13.5. The molecule has 3 aliphatic rings. The van der Waals surface area contributed by atoms with Gasteiger partial charge in [0, 0.05) is 55.2 Å². The lowest BCUT2D eigenvalue weighted by Crippen LogP contribution is -2.31. The molecule has 41 heavy (non-hydrogen) atoms. The van der Waals surface area contributed by atoms with Gasteiger partial charge in [0.1, 0.15) is 30.3 Å². The van der Waals surface area contributed by atoms with Crippen LogP contribution in [0, 0.1) is 12.8 Å². The first-order valence-corrected chi connectivity index (χ1v) is 13.5. The zero-order chi connectivity index (χ0) is 28.2. The van der Waals surface area contributed by atoms with E-state index in [9.17, 15) is 14.4 Å². The second-order valence-corrected chi connectivity index (χ2v) is 10.7. The summed E-state index contributed by atoms with van der Waals surface area (Å²) in [6.45, 7) is 2.16. The van der Waals surface area contributed by atoms with Crippen molar-refractivity contribution in [1.82, 2.24) is 39.2 Å². The highest BCUT2D eigenvalue weighted by Crippen LogP contribution is 2.46. The maximum atomic E-state index is 12.8. The molecule has 0 spiro atoms. The molecule has 7 rings (SSSR count). The van der Waals surface area contributed by atoms with E-state index in [1.807, 2.05) is 29.8 Å². The van der Waals surface area contributed by atoms with Gasteiger partial charge in [0.25, 0.3) is 5.91 Å². The molecule has 5 heterocycles.